The van der Waals surface area contributed by atoms with Gasteiger partial charge in [0.2, 0.25) is 0 Å². The Morgan fingerprint density at radius 2 is 2.19 bits per heavy atom. The maximum absolute atomic E-state index is 11.9. The van der Waals surface area contributed by atoms with Crippen molar-refractivity contribution >= 4 is 27.3 Å². The molecule has 0 unspecified atom stereocenters. The second-order valence-electron chi connectivity index (χ2n) is 4.95. The van der Waals surface area contributed by atoms with Gasteiger partial charge in [0.25, 0.3) is 5.00 Å². The monoisotopic (exact) mass is 308 g/mol. The van der Waals surface area contributed by atoms with Crippen LogP contribution in [0.15, 0.2) is 0 Å². The first-order chi connectivity index (χ1) is 10.1. The summed E-state index contributed by atoms with van der Waals surface area (Å²) in [7, 11) is 1.35. The van der Waals surface area contributed by atoms with Crippen molar-refractivity contribution in [2.45, 2.75) is 32.7 Å². The van der Waals surface area contributed by atoms with Crippen LogP contribution in [-0.2, 0) is 9.47 Å². The summed E-state index contributed by atoms with van der Waals surface area (Å²) in [5, 5.41) is 1.43. The van der Waals surface area contributed by atoms with Crippen LogP contribution in [0.25, 0.3) is 4.85 Å². The zero-order valence-corrected chi connectivity index (χ0v) is 13.5. The molecule has 0 aliphatic carbocycles. The Balaban J connectivity index is 2.40. The van der Waals surface area contributed by atoms with Crippen LogP contribution in [-0.4, -0.2) is 38.9 Å². The molecule has 2 rings (SSSR count). The zero-order valence-electron chi connectivity index (χ0n) is 12.6. The van der Waals surface area contributed by atoms with Gasteiger partial charge in [-0.3, -0.25) is 0 Å². The van der Waals surface area contributed by atoms with Crippen LogP contribution >= 0.6 is 11.3 Å². The van der Waals surface area contributed by atoms with Gasteiger partial charge in [-0.2, -0.15) is 0 Å². The molecule has 0 aromatic carbocycles. The summed E-state index contributed by atoms with van der Waals surface area (Å²) in [5.74, 6) is -0.427. The van der Waals surface area contributed by atoms with Crippen molar-refractivity contribution in [2.24, 2.45) is 0 Å². The van der Waals surface area contributed by atoms with Crippen LogP contribution in [0, 0.1) is 13.5 Å². The van der Waals surface area contributed by atoms with Crippen LogP contribution in [0.2, 0.25) is 0 Å². The highest BCUT2D eigenvalue weighted by Crippen LogP contribution is 2.43. The molecule has 1 aliphatic heterocycles. The molecular weight excluding hydrogens is 288 g/mol. The van der Waals surface area contributed by atoms with Crippen LogP contribution in [0.3, 0.4) is 0 Å². The molecular formula is C15H20N2O3S. The number of methoxy groups -OCH3 is 1. The molecule has 1 fully saturated rings. The molecule has 0 radical (unpaired) electrons. The van der Waals surface area contributed by atoms with Gasteiger partial charge >= 0.3 is 5.97 Å². The Kier molecular flexibility index (Phi) is 5.21. The molecule has 21 heavy (non-hydrogen) atoms. The van der Waals surface area contributed by atoms with Crippen molar-refractivity contribution in [1.29, 1.82) is 0 Å². The minimum absolute atomic E-state index is 0.408. The van der Waals surface area contributed by atoms with E-state index in [1.165, 1.54) is 18.4 Å². The van der Waals surface area contributed by atoms with Gasteiger partial charge in [-0.25, -0.2) is 9.64 Å². The van der Waals surface area contributed by atoms with Gasteiger partial charge in [0, 0.05) is 25.8 Å². The van der Waals surface area contributed by atoms with Gasteiger partial charge in [0.15, 0.2) is 0 Å². The third-order valence-electron chi connectivity index (χ3n) is 3.83. The summed E-state index contributed by atoms with van der Waals surface area (Å²) < 4.78 is 10.2. The number of hydrogen-bond donors (Lipinski definition) is 0. The number of nitrogens with zero attached hydrogens (tertiary/aromatic N) is 2. The van der Waals surface area contributed by atoms with Gasteiger partial charge in [-0.15, -0.1) is 11.3 Å². The lowest BCUT2D eigenvalue weighted by Gasteiger charge is -2.35. The minimum atomic E-state index is -0.427. The first kappa shape index (κ1) is 15.8. The highest BCUT2D eigenvalue weighted by atomic mass is 32.1. The molecule has 0 atom stereocenters. The molecule has 114 valence electrons. The molecule has 1 saturated heterocycles. The Bertz CT molecular complexity index is 556. The van der Waals surface area contributed by atoms with Gasteiger partial charge < -0.3 is 14.4 Å². The number of anilines is 1. The summed E-state index contributed by atoms with van der Waals surface area (Å²) in [6.07, 6.45) is 1.96. The number of thiophene rings is 1. The van der Waals surface area contributed by atoms with Crippen LogP contribution < -0.4 is 4.90 Å². The third-order valence-corrected chi connectivity index (χ3v) is 5.05. The highest BCUT2D eigenvalue weighted by molar-refractivity contribution is 7.20. The molecule has 6 heteroatoms. The van der Waals surface area contributed by atoms with E-state index in [2.05, 4.69) is 16.7 Å². The predicted molar refractivity (Wildman–Crippen MR) is 83.5 cm³/mol. The van der Waals surface area contributed by atoms with E-state index in [1.54, 1.807) is 0 Å². The number of rotatable bonds is 4. The van der Waals surface area contributed by atoms with E-state index in [4.69, 9.17) is 16.0 Å². The van der Waals surface area contributed by atoms with Crippen molar-refractivity contribution in [3.05, 3.63) is 22.5 Å². The lowest BCUT2D eigenvalue weighted by Crippen LogP contribution is -2.39. The lowest BCUT2D eigenvalue weighted by atomic mass is 10.1. The number of ether oxygens (including phenoxy) is 2. The normalized spacial score (nSPS) is 15.5. The smallest absolute Gasteiger partial charge is 0.328 e. The number of carbonyl (C=O) groups is 1. The Morgan fingerprint density at radius 1 is 1.52 bits per heavy atom. The van der Waals surface area contributed by atoms with Gasteiger partial charge in [-0.05, 0) is 32.3 Å². The average Bonchev–Trinajstić information content (AvgIpc) is 2.85. The molecule has 1 aromatic rings. The molecule has 1 aliphatic rings. The fourth-order valence-electron chi connectivity index (χ4n) is 2.75. The molecule has 5 nitrogen and oxygen atoms in total. The maximum Gasteiger partial charge on any atom is 0.328 e. The Morgan fingerprint density at radius 3 is 2.71 bits per heavy atom. The molecule has 1 aromatic heterocycles. The van der Waals surface area contributed by atoms with Crippen molar-refractivity contribution in [3.63, 3.8) is 0 Å². The second-order valence-corrected chi connectivity index (χ2v) is 5.92. The van der Waals surface area contributed by atoms with E-state index in [0.717, 1.165) is 43.2 Å². The molecule has 0 spiro atoms. The Labute approximate surface area is 129 Å². The number of hydrogen-bond acceptors (Lipinski definition) is 5. The summed E-state index contributed by atoms with van der Waals surface area (Å²) in [6.45, 7) is 13.7. The van der Waals surface area contributed by atoms with E-state index in [9.17, 15) is 4.79 Å². The third kappa shape index (κ3) is 3.04. The predicted octanol–water partition coefficient (Wildman–Crippen LogP) is 3.40. The van der Waals surface area contributed by atoms with Crippen molar-refractivity contribution in [2.75, 3.05) is 31.8 Å². The molecule has 0 N–H and O–H groups in total. The second kappa shape index (κ2) is 6.92. The minimum Gasteiger partial charge on any atom is -0.466 e. The van der Waals surface area contributed by atoms with E-state index in [-0.39, 0.29) is 0 Å². The molecule has 0 bridgehead atoms. The lowest BCUT2D eigenvalue weighted by molar-refractivity contribution is 0.0601. The van der Waals surface area contributed by atoms with E-state index in [0.29, 0.717) is 16.6 Å². The average molecular weight is 308 g/mol. The quantitative estimate of drug-likeness (QED) is 0.631. The first-order valence-electron chi connectivity index (χ1n) is 7.07. The van der Waals surface area contributed by atoms with E-state index >= 15 is 0 Å². The Hall–Kier alpha value is -1.58. The highest BCUT2D eigenvalue weighted by Gasteiger charge is 2.28. The summed E-state index contributed by atoms with van der Waals surface area (Å²) in [4.78, 5) is 17.7. The van der Waals surface area contributed by atoms with Gasteiger partial charge in [-0.1, -0.05) is 0 Å². The first-order valence-corrected chi connectivity index (χ1v) is 7.89. The number of carbonyl (C=O) groups excluding carboxylic acids is 1. The zero-order chi connectivity index (χ0) is 15.4. The van der Waals surface area contributed by atoms with Crippen molar-refractivity contribution < 1.29 is 14.3 Å². The summed E-state index contributed by atoms with van der Waals surface area (Å²) >= 11 is 1.39. The SMILES string of the molecule is [C-]#[N+]c1sc(N(CC)C2CCOCC2)c(C)c1C(=O)OC. The van der Waals surface area contributed by atoms with Gasteiger partial charge in [0.05, 0.1) is 24.2 Å². The number of esters is 1. The van der Waals surface area contributed by atoms with E-state index in [1.807, 2.05) is 6.92 Å². The van der Waals surface area contributed by atoms with Crippen molar-refractivity contribution in [3.8, 4) is 0 Å². The van der Waals surface area contributed by atoms with Crippen LogP contribution in [0.5, 0.6) is 0 Å². The van der Waals surface area contributed by atoms with Crippen LogP contribution in [0.1, 0.15) is 35.7 Å². The van der Waals surface area contributed by atoms with E-state index < -0.39 is 5.97 Å². The summed E-state index contributed by atoms with van der Waals surface area (Å²) in [5.41, 5.74) is 1.27. The molecule has 0 amide bonds. The molecule has 2 heterocycles. The largest absolute Gasteiger partial charge is 0.466 e. The topological polar surface area (TPSA) is 43.1 Å². The van der Waals surface area contributed by atoms with Crippen LogP contribution in [0.4, 0.5) is 10.0 Å². The standard InChI is InChI=1S/C15H20N2O3S/c1-5-17(11-6-8-20-9-7-11)14-10(2)12(15(18)19-4)13(16-3)21-14/h11H,5-9H2,1-2,4H3. The van der Waals surface area contributed by atoms with Gasteiger partial charge in [0.1, 0.15) is 0 Å². The molecule has 0 saturated carbocycles. The maximum atomic E-state index is 11.9. The summed E-state index contributed by atoms with van der Waals surface area (Å²) in [6, 6.07) is 0.408. The van der Waals surface area contributed by atoms with Crippen molar-refractivity contribution in [1.82, 2.24) is 0 Å². The fourth-order valence-corrected chi connectivity index (χ4v) is 3.96. The fraction of sp³-hybridized carbons (Fsp3) is 0.600.